The molecule has 3 heteroatoms. The lowest BCUT2D eigenvalue weighted by Crippen LogP contribution is -2.19. The monoisotopic (exact) mass is 288 g/mol. The Labute approximate surface area is 124 Å². The van der Waals surface area contributed by atoms with Crippen molar-refractivity contribution in [2.45, 2.75) is 32.0 Å². The van der Waals surface area contributed by atoms with E-state index in [1.807, 2.05) is 6.07 Å². The van der Waals surface area contributed by atoms with Crippen LogP contribution >= 0.6 is 11.6 Å². The van der Waals surface area contributed by atoms with Gasteiger partial charge in [-0.15, -0.1) is 0 Å². The number of benzene rings is 2. The summed E-state index contributed by atoms with van der Waals surface area (Å²) in [6.45, 7) is 2.13. The second-order valence-corrected chi connectivity index (χ2v) is 5.57. The summed E-state index contributed by atoms with van der Waals surface area (Å²) in [7, 11) is 0. The first-order valence-electron chi connectivity index (χ1n) is 6.90. The first-order chi connectivity index (χ1) is 9.67. The lowest BCUT2D eigenvalue weighted by molar-refractivity contribution is 0.0657. The Morgan fingerprint density at radius 2 is 1.95 bits per heavy atom. The van der Waals surface area contributed by atoms with Crippen LogP contribution in [0.3, 0.4) is 0 Å². The standard InChI is InChI=1S/C17H17ClO2/c1-2-11-3-5-12(6-4-11)17-10-15(19)14-9-13(18)7-8-16(14)20-17/h3-9,15,17,19H,2,10H2,1H3/t15-,17?/m1/s1. The first kappa shape index (κ1) is 13.5. The molecule has 0 amide bonds. The van der Waals surface area contributed by atoms with Crippen LogP contribution in [-0.4, -0.2) is 5.11 Å². The molecule has 0 aromatic heterocycles. The zero-order chi connectivity index (χ0) is 14.1. The molecule has 1 N–H and O–H groups in total. The summed E-state index contributed by atoms with van der Waals surface area (Å²) in [6.07, 6.45) is 0.937. The first-order valence-corrected chi connectivity index (χ1v) is 7.28. The van der Waals surface area contributed by atoms with E-state index in [1.165, 1.54) is 5.56 Å². The Morgan fingerprint density at radius 1 is 1.20 bits per heavy atom. The van der Waals surface area contributed by atoms with Gasteiger partial charge in [-0.05, 0) is 35.7 Å². The predicted octanol–water partition coefficient (Wildman–Crippen LogP) is 4.46. The molecule has 1 unspecified atom stereocenters. The van der Waals surface area contributed by atoms with Crippen molar-refractivity contribution >= 4 is 11.6 Å². The van der Waals surface area contributed by atoms with Crippen molar-refractivity contribution in [1.82, 2.24) is 0 Å². The van der Waals surface area contributed by atoms with Crippen LogP contribution in [0, 0.1) is 0 Å². The molecule has 2 nitrogen and oxygen atoms in total. The Morgan fingerprint density at radius 3 is 2.65 bits per heavy atom. The number of hydrogen-bond acceptors (Lipinski definition) is 2. The van der Waals surface area contributed by atoms with Gasteiger partial charge in [0, 0.05) is 17.0 Å². The van der Waals surface area contributed by atoms with Gasteiger partial charge in [0.2, 0.25) is 0 Å². The molecule has 1 heterocycles. The number of ether oxygens (including phenoxy) is 1. The van der Waals surface area contributed by atoms with Crippen LogP contribution in [0.1, 0.15) is 42.2 Å². The van der Waals surface area contributed by atoms with Crippen molar-refractivity contribution in [2.75, 3.05) is 0 Å². The molecule has 2 aromatic rings. The number of aliphatic hydroxyl groups excluding tert-OH is 1. The van der Waals surface area contributed by atoms with Crippen LogP contribution in [0.5, 0.6) is 5.75 Å². The zero-order valence-corrected chi connectivity index (χ0v) is 12.1. The highest BCUT2D eigenvalue weighted by atomic mass is 35.5. The lowest BCUT2D eigenvalue weighted by atomic mass is 9.94. The molecule has 2 aromatic carbocycles. The van der Waals surface area contributed by atoms with Gasteiger partial charge in [0.15, 0.2) is 0 Å². The van der Waals surface area contributed by atoms with Gasteiger partial charge in [-0.3, -0.25) is 0 Å². The highest BCUT2D eigenvalue weighted by Gasteiger charge is 2.28. The van der Waals surface area contributed by atoms with Crippen molar-refractivity contribution in [3.05, 3.63) is 64.2 Å². The summed E-state index contributed by atoms with van der Waals surface area (Å²) in [5.41, 5.74) is 3.18. The van der Waals surface area contributed by atoms with Gasteiger partial charge >= 0.3 is 0 Å². The average molecular weight is 289 g/mol. The maximum Gasteiger partial charge on any atom is 0.127 e. The summed E-state index contributed by atoms with van der Waals surface area (Å²) in [5.74, 6) is 0.720. The van der Waals surface area contributed by atoms with Crippen LogP contribution in [0.4, 0.5) is 0 Å². The molecule has 2 atom stereocenters. The van der Waals surface area contributed by atoms with Gasteiger partial charge in [-0.1, -0.05) is 42.8 Å². The Kier molecular flexibility index (Phi) is 3.68. The molecule has 0 aliphatic carbocycles. The summed E-state index contributed by atoms with van der Waals surface area (Å²) in [6, 6.07) is 13.8. The molecule has 20 heavy (non-hydrogen) atoms. The van der Waals surface area contributed by atoms with Gasteiger partial charge in [0.25, 0.3) is 0 Å². The van der Waals surface area contributed by atoms with Crippen LogP contribution in [0.2, 0.25) is 5.02 Å². The van der Waals surface area contributed by atoms with E-state index in [-0.39, 0.29) is 6.10 Å². The van der Waals surface area contributed by atoms with E-state index in [9.17, 15) is 5.11 Å². The summed E-state index contributed by atoms with van der Waals surface area (Å²) >= 11 is 5.96. The van der Waals surface area contributed by atoms with E-state index in [0.717, 1.165) is 23.3 Å². The van der Waals surface area contributed by atoms with Crippen molar-refractivity contribution < 1.29 is 9.84 Å². The minimum atomic E-state index is -0.534. The van der Waals surface area contributed by atoms with Crippen LogP contribution in [0.25, 0.3) is 0 Å². The molecular weight excluding hydrogens is 272 g/mol. The van der Waals surface area contributed by atoms with Crippen LogP contribution in [-0.2, 0) is 6.42 Å². The van der Waals surface area contributed by atoms with Gasteiger partial charge < -0.3 is 9.84 Å². The molecule has 104 valence electrons. The maximum atomic E-state index is 10.3. The lowest BCUT2D eigenvalue weighted by Gasteiger charge is -2.30. The fourth-order valence-electron chi connectivity index (χ4n) is 2.59. The highest BCUT2D eigenvalue weighted by Crippen LogP contribution is 2.41. The minimum absolute atomic E-state index is 0.107. The number of fused-ring (bicyclic) bond motifs is 1. The number of rotatable bonds is 2. The smallest absolute Gasteiger partial charge is 0.127 e. The highest BCUT2D eigenvalue weighted by molar-refractivity contribution is 6.30. The molecule has 0 spiro atoms. The molecule has 1 aliphatic heterocycles. The molecule has 3 rings (SSSR count). The van der Waals surface area contributed by atoms with Gasteiger partial charge in [-0.25, -0.2) is 0 Å². The SMILES string of the molecule is CCc1ccc(C2C[C@@H](O)c3cc(Cl)ccc3O2)cc1. The zero-order valence-electron chi connectivity index (χ0n) is 11.3. The van der Waals surface area contributed by atoms with Gasteiger partial charge in [0.1, 0.15) is 11.9 Å². The normalized spacial score (nSPS) is 21.1. The molecule has 0 saturated carbocycles. The van der Waals surface area contributed by atoms with Crippen LogP contribution in [0.15, 0.2) is 42.5 Å². The van der Waals surface area contributed by atoms with Gasteiger partial charge in [-0.2, -0.15) is 0 Å². The fraction of sp³-hybridized carbons (Fsp3) is 0.294. The number of aryl methyl sites for hydroxylation is 1. The molecule has 0 saturated heterocycles. The maximum absolute atomic E-state index is 10.3. The third kappa shape index (κ3) is 2.54. The van der Waals surface area contributed by atoms with Crippen molar-refractivity contribution in [1.29, 1.82) is 0 Å². The second-order valence-electron chi connectivity index (χ2n) is 5.14. The Bertz CT molecular complexity index is 607. The van der Waals surface area contributed by atoms with E-state index >= 15 is 0 Å². The number of hydrogen-bond donors (Lipinski definition) is 1. The van der Waals surface area contributed by atoms with E-state index in [1.54, 1.807) is 12.1 Å². The fourth-order valence-corrected chi connectivity index (χ4v) is 2.77. The molecule has 0 fully saturated rings. The second kappa shape index (κ2) is 5.47. The third-order valence-electron chi connectivity index (χ3n) is 3.80. The number of aliphatic hydroxyl groups is 1. The van der Waals surface area contributed by atoms with E-state index < -0.39 is 6.10 Å². The van der Waals surface area contributed by atoms with Crippen molar-refractivity contribution in [2.24, 2.45) is 0 Å². The molecule has 0 bridgehead atoms. The molecule has 0 radical (unpaired) electrons. The Hall–Kier alpha value is -1.51. The van der Waals surface area contributed by atoms with Crippen LogP contribution < -0.4 is 4.74 Å². The summed E-state index contributed by atoms with van der Waals surface area (Å²) in [4.78, 5) is 0. The minimum Gasteiger partial charge on any atom is -0.485 e. The van der Waals surface area contributed by atoms with Crippen molar-refractivity contribution in [3.8, 4) is 5.75 Å². The molecule has 1 aliphatic rings. The quantitative estimate of drug-likeness (QED) is 0.884. The summed E-state index contributed by atoms with van der Waals surface area (Å²) in [5, 5.41) is 10.9. The third-order valence-corrected chi connectivity index (χ3v) is 4.03. The summed E-state index contributed by atoms with van der Waals surface area (Å²) < 4.78 is 6.00. The van der Waals surface area contributed by atoms with E-state index in [2.05, 4.69) is 31.2 Å². The van der Waals surface area contributed by atoms with E-state index in [0.29, 0.717) is 11.4 Å². The topological polar surface area (TPSA) is 29.5 Å². The molecular formula is C17H17ClO2. The van der Waals surface area contributed by atoms with E-state index in [4.69, 9.17) is 16.3 Å². The van der Waals surface area contributed by atoms with Gasteiger partial charge in [0.05, 0.1) is 6.10 Å². The number of halogens is 1. The predicted molar refractivity (Wildman–Crippen MR) is 80.2 cm³/mol. The average Bonchev–Trinajstić information content (AvgIpc) is 2.48. The Balaban J connectivity index is 1.88. The van der Waals surface area contributed by atoms with Crippen molar-refractivity contribution in [3.63, 3.8) is 0 Å². The largest absolute Gasteiger partial charge is 0.485 e.